The Morgan fingerprint density at radius 3 is 2.16 bits per heavy atom. The summed E-state index contributed by atoms with van der Waals surface area (Å²) in [6, 6.07) is 13.0. The second kappa shape index (κ2) is 8.57. The number of anilines is 1. The lowest BCUT2D eigenvalue weighted by atomic mass is 10.0. The summed E-state index contributed by atoms with van der Waals surface area (Å²) in [5, 5.41) is 0. The van der Waals surface area contributed by atoms with Crippen LogP contribution in [0.4, 0.5) is 19.1 Å². The van der Waals surface area contributed by atoms with Crippen molar-refractivity contribution in [2.45, 2.75) is 20.0 Å². The van der Waals surface area contributed by atoms with E-state index in [0.717, 1.165) is 42.6 Å². The van der Waals surface area contributed by atoms with Gasteiger partial charge in [0.05, 0.1) is 5.56 Å². The first kappa shape index (κ1) is 23.4. The van der Waals surface area contributed by atoms with Gasteiger partial charge in [-0.15, -0.1) is 0 Å². The summed E-state index contributed by atoms with van der Waals surface area (Å²) in [6.45, 7) is 6.54. The summed E-state index contributed by atoms with van der Waals surface area (Å²) in [6.07, 6.45) is -3.20. The number of rotatable bonds is 3. The predicted molar refractivity (Wildman–Crippen MR) is 132 cm³/mol. The smallest absolute Gasteiger partial charge is 0.340 e. The lowest BCUT2D eigenvalue weighted by molar-refractivity contribution is -0.137. The van der Waals surface area contributed by atoms with Crippen molar-refractivity contribution in [1.29, 1.82) is 0 Å². The van der Waals surface area contributed by atoms with Crippen LogP contribution in [0.15, 0.2) is 54.7 Å². The lowest BCUT2D eigenvalue weighted by Gasteiger charge is -2.22. The molecule has 1 amide bonds. The van der Waals surface area contributed by atoms with Gasteiger partial charge in [0.15, 0.2) is 0 Å². The van der Waals surface area contributed by atoms with Gasteiger partial charge < -0.3 is 9.80 Å². The highest BCUT2D eigenvalue weighted by Gasteiger charge is 2.43. The molecule has 2 aliphatic heterocycles. The van der Waals surface area contributed by atoms with Gasteiger partial charge in [-0.3, -0.25) is 9.20 Å². The molecule has 0 bridgehead atoms. The largest absolute Gasteiger partial charge is 0.416 e. The first-order valence-corrected chi connectivity index (χ1v) is 12.2. The maximum Gasteiger partial charge on any atom is 0.416 e. The van der Waals surface area contributed by atoms with E-state index in [4.69, 9.17) is 0 Å². The fraction of sp³-hybridized carbons (Fsp3) is 0.333. The molecule has 2 fully saturated rings. The summed E-state index contributed by atoms with van der Waals surface area (Å²) in [4.78, 5) is 31.5. The Hall–Kier alpha value is -3.95. The Morgan fingerprint density at radius 1 is 0.892 bits per heavy atom. The maximum absolute atomic E-state index is 13.9. The van der Waals surface area contributed by atoms with E-state index in [1.54, 1.807) is 0 Å². The van der Waals surface area contributed by atoms with Crippen LogP contribution in [0.3, 0.4) is 0 Å². The van der Waals surface area contributed by atoms with Crippen molar-refractivity contribution in [2.24, 2.45) is 11.8 Å². The number of alkyl halides is 3. The van der Waals surface area contributed by atoms with E-state index >= 15 is 0 Å². The molecular formula is C27H25F3N6O. The van der Waals surface area contributed by atoms with E-state index in [9.17, 15) is 18.0 Å². The third kappa shape index (κ3) is 4.20. The van der Waals surface area contributed by atoms with Gasteiger partial charge in [0.25, 0.3) is 5.91 Å². The summed E-state index contributed by atoms with van der Waals surface area (Å²) in [5.41, 5.74) is 2.48. The van der Waals surface area contributed by atoms with Crippen LogP contribution < -0.4 is 4.90 Å². The van der Waals surface area contributed by atoms with Crippen LogP contribution in [0.2, 0.25) is 0 Å². The number of aromatic nitrogens is 4. The van der Waals surface area contributed by atoms with Gasteiger partial charge >= 0.3 is 6.18 Å². The first-order chi connectivity index (χ1) is 17.7. The number of imidazole rings is 1. The summed E-state index contributed by atoms with van der Waals surface area (Å²) in [5.74, 6) is 1.03. The number of amides is 1. The number of benzene rings is 1. The SMILES string of the molecule is Cc1cc(C)nc(N2CC3CN(C(=O)c4c(-c5ccccc5)nc5cc(C(F)(F)F)ccn45)CC3C2)n1. The second-order valence-corrected chi connectivity index (χ2v) is 9.90. The number of nitrogens with zero attached hydrogens (tertiary/aromatic N) is 6. The van der Waals surface area contributed by atoms with Crippen molar-refractivity contribution in [3.8, 4) is 11.3 Å². The van der Waals surface area contributed by atoms with Crippen molar-refractivity contribution in [2.75, 3.05) is 31.1 Å². The Kier molecular flexibility index (Phi) is 5.43. The molecule has 10 heteroatoms. The van der Waals surface area contributed by atoms with E-state index in [1.165, 1.54) is 10.6 Å². The highest BCUT2D eigenvalue weighted by Crippen LogP contribution is 2.36. The average molecular weight is 507 g/mol. The molecule has 7 nitrogen and oxygen atoms in total. The van der Waals surface area contributed by atoms with Crippen LogP contribution in [-0.4, -0.2) is 56.3 Å². The van der Waals surface area contributed by atoms with Crippen LogP contribution >= 0.6 is 0 Å². The van der Waals surface area contributed by atoms with Crippen molar-refractivity contribution < 1.29 is 18.0 Å². The lowest BCUT2D eigenvalue weighted by Crippen LogP contribution is -2.34. The van der Waals surface area contributed by atoms with E-state index in [0.29, 0.717) is 24.3 Å². The molecular weight excluding hydrogens is 481 g/mol. The molecule has 2 unspecified atom stereocenters. The van der Waals surface area contributed by atoms with E-state index in [-0.39, 0.29) is 29.1 Å². The average Bonchev–Trinajstić information content (AvgIpc) is 3.54. The minimum atomic E-state index is -4.50. The Morgan fingerprint density at radius 2 is 1.54 bits per heavy atom. The van der Waals surface area contributed by atoms with Gasteiger partial charge in [0, 0.05) is 61.2 Å². The Labute approximate surface area is 211 Å². The van der Waals surface area contributed by atoms with Gasteiger partial charge in [0.2, 0.25) is 5.95 Å². The van der Waals surface area contributed by atoms with Crippen LogP contribution in [0.5, 0.6) is 0 Å². The monoisotopic (exact) mass is 506 g/mol. The number of carbonyl (C=O) groups excluding carboxylic acids is 1. The normalized spacial score (nSPS) is 19.6. The standard InChI is InChI=1S/C27H25F3N6O/c1-16-10-17(2)32-26(31-16)35-14-19-12-34(13-20(19)15-35)25(37)24-23(18-6-4-3-5-7-18)33-22-11-21(27(28,29)30)8-9-36(22)24/h3-11,19-20H,12-15H2,1-2H3. The number of aryl methyl sites for hydroxylation is 2. The molecule has 5 heterocycles. The summed E-state index contributed by atoms with van der Waals surface area (Å²) >= 11 is 0. The Bertz CT molecular complexity index is 1470. The molecule has 3 aromatic heterocycles. The van der Waals surface area contributed by atoms with Crippen LogP contribution in [0.25, 0.3) is 16.9 Å². The van der Waals surface area contributed by atoms with E-state index < -0.39 is 11.7 Å². The molecule has 0 spiro atoms. The molecule has 0 N–H and O–H groups in total. The van der Waals surface area contributed by atoms with Crippen molar-refractivity contribution in [1.82, 2.24) is 24.3 Å². The molecule has 2 aliphatic rings. The zero-order valence-electron chi connectivity index (χ0n) is 20.4. The summed E-state index contributed by atoms with van der Waals surface area (Å²) in [7, 11) is 0. The van der Waals surface area contributed by atoms with E-state index in [1.807, 2.05) is 55.1 Å². The van der Waals surface area contributed by atoms with Gasteiger partial charge in [-0.2, -0.15) is 13.2 Å². The fourth-order valence-electron chi connectivity index (χ4n) is 5.54. The predicted octanol–water partition coefficient (Wildman–Crippen LogP) is 4.64. The van der Waals surface area contributed by atoms with Crippen molar-refractivity contribution >= 4 is 17.5 Å². The van der Waals surface area contributed by atoms with Crippen LogP contribution in [0.1, 0.15) is 27.4 Å². The van der Waals surface area contributed by atoms with Gasteiger partial charge in [0.1, 0.15) is 17.0 Å². The second-order valence-electron chi connectivity index (χ2n) is 9.90. The molecule has 0 aliphatic carbocycles. The summed E-state index contributed by atoms with van der Waals surface area (Å²) < 4.78 is 41.5. The highest BCUT2D eigenvalue weighted by molar-refractivity contribution is 6.00. The molecule has 190 valence electrons. The van der Waals surface area contributed by atoms with Gasteiger partial charge in [-0.25, -0.2) is 15.0 Å². The Balaban J connectivity index is 1.31. The number of fused-ring (bicyclic) bond motifs is 2. The zero-order chi connectivity index (χ0) is 25.9. The number of hydrogen-bond acceptors (Lipinski definition) is 5. The number of halogens is 3. The number of carbonyl (C=O) groups is 1. The highest BCUT2D eigenvalue weighted by atomic mass is 19.4. The van der Waals surface area contributed by atoms with Crippen molar-refractivity contribution in [3.63, 3.8) is 0 Å². The quantitative estimate of drug-likeness (QED) is 0.405. The number of hydrogen-bond donors (Lipinski definition) is 0. The van der Waals surface area contributed by atoms with Crippen molar-refractivity contribution in [3.05, 3.63) is 77.4 Å². The molecule has 4 aromatic rings. The third-order valence-electron chi connectivity index (χ3n) is 7.23. The molecule has 2 atom stereocenters. The third-order valence-corrected chi connectivity index (χ3v) is 7.23. The minimum Gasteiger partial charge on any atom is -0.340 e. The minimum absolute atomic E-state index is 0.0922. The molecule has 2 saturated heterocycles. The van der Waals surface area contributed by atoms with Crippen LogP contribution in [-0.2, 0) is 6.18 Å². The first-order valence-electron chi connectivity index (χ1n) is 12.2. The van der Waals surface area contributed by atoms with E-state index in [2.05, 4.69) is 19.9 Å². The topological polar surface area (TPSA) is 66.6 Å². The van der Waals surface area contributed by atoms with Crippen LogP contribution in [0, 0.1) is 25.7 Å². The molecule has 37 heavy (non-hydrogen) atoms. The van der Waals surface area contributed by atoms with Gasteiger partial charge in [-0.05, 0) is 32.0 Å². The maximum atomic E-state index is 13.9. The molecule has 0 saturated carbocycles. The fourth-order valence-corrected chi connectivity index (χ4v) is 5.54. The molecule has 1 aromatic carbocycles. The van der Waals surface area contributed by atoms with Gasteiger partial charge in [-0.1, -0.05) is 30.3 Å². The molecule has 0 radical (unpaired) electrons. The number of pyridine rings is 1. The molecule has 6 rings (SSSR count). The number of likely N-dealkylation sites (tertiary alicyclic amines) is 1. The zero-order valence-corrected chi connectivity index (χ0v) is 20.4.